The van der Waals surface area contributed by atoms with Gasteiger partial charge in [-0.3, -0.25) is 4.79 Å². The Morgan fingerprint density at radius 2 is 2.16 bits per heavy atom. The zero-order chi connectivity index (χ0) is 14.4. The molecule has 0 aliphatic carbocycles. The third-order valence-electron chi connectivity index (χ3n) is 3.14. The molecule has 1 heterocycles. The molecule has 1 aliphatic heterocycles. The Bertz CT molecular complexity index is 375. The fourth-order valence-electron chi connectivity index (χ4n) is 2.18. The Morgan fingerprint density at radius 1 is 1.47 bits per heavy atom. The van der Waals surface area contributed by atoms with Gasteiger partial charge in [-0.25, -0.2) is 4.79 Å². The number of terminal acetylenes is 1. The Hall–Kier alpha value is -1.15. The zero-order valence-corrected chi connectivity index (χ0v) is 12.3. The third-order valence-corrected chi connectivity index (χ3v) is 4.76. The van der Waals surface area contributed by atoms with Gasteiger partial charge in [-0.1, -0.05) is 13.8 Å². The number of hydrogen-bond donors (Lipinski definition) is 1. The summed E-state index contributed by atoms with van der Waals surface area (Å²) < 4.78 is 0. The molecule has 1 rings (SSSR count). The van der Waals surface area contributed by atoms with E-state index in [0.29, 0.717) is 18.6 Å². The smallest absolute Gasteiger partial charge is 0.327 e. The highest BCUT2D eigenvalue weighted by Crippen LogP contribution is 2.34. The van der Waals surface area contributed by atoms with Gasteiger partial charge in [0.2, 0.25) is 5.91 Å². The summed E-state index contributed by atoms with van der Waals surface area (Å²) >= 11 is 1.56. The number of carbonyl (C=O) groups is 2. The average Bonchev–Trinajstić information content (AvgIpc) is 2.79. The van der Waals surface area contributed by atoms with E-state index < -0.39 is 12.0 Å². The van der Waals surface area contributed by atoms with Crippen LogP contribution in [0, 0.1) is 18.3 Å². The van der Waals surface area contributed by atoms with Gasteiger partial charge < -0.3 is 10.0 Å². The molecule has 1 saturated heterocycles. The van der Waals surface area contributed by atoms with Crippen LogP contribution in [0.2, 0.25) is 0 Å². The molecule has 106 valence electrons. The van der Waals surface area contributed by atoms with Crippen molar-refractivity contribution in [3.8, 4) is 12.3 Å². The number of hydrogen-bond acceptors (Lipinski definition) is 3. The second-order valence-electron chi connectivity index (χ2n) is 5.03. The maximum atomic E-state index is 12.2. The van der Waals surface area contributed by atoms with Crippen LogP contribution in [0.15, 0.2) is 0 Å². The van der Waals surface area contributed by atoms with Crippen LogP contribution >= 0.6 is 11.8 Å². The standard InChI is InChI=1S/C14H21NO3S/c1-4-5-6-7-8-12(16)15-11(14(17)18)9-19-13(15)10(2)3/h1,10-11,13H,5-9H2,2-3H3,(H,17,18). The minimum absolute atomic E-state index is 0.0266. The molecule has 0 aromatic carbocycles. The quantitative estimate of drug-likeness (QED) is 0.599. The Morgan fingerprint density at radius 3 is 2.68 bits per heavy atom. The van der Waals surface area contributed by atoms with Crippen molar-refractivity contribution < 1.29 is 14.7 Å². The number of rotatable bonds is 6. The van der Waals surface area contributed by atoms with Gasteiger partial charge in [-0.15, -0.1) is 24.1 Å². The maximum Gasteiger partial charge on any atom is 0.327 e. The number of carboxylic acids is 1. The van der Waals surface area contributed by atoms with Crippen molar-refractivity contribution in [2.45, 2.75) is 50.9 Å². The summed E-state index contributed by atoms with van der Waals surface area (Å²) in [5.41, 5.74) is 0. The van der Waals surface area contributed by atoms with Crippen LogP contribution in [0.4, 0.5) is 0 Å². The Balaban J connectivity index is 2.65. The van der Waals surface area contributed by atoms with Gasteiger partial charge in [0, 0.05) is 18.6 Å². The number of thioether (sulfide) groups is 1. The fraction of sp³-hybridized carbons (Fsp3) is 0.714. The highest BCUT2D eigenvalue weighted by molar-refractivity contribution is 8.00. The molecule has 1 fully saturated rings. The summed E-state index contributed by atoms with van der Waals surface area (Å²) in [7, 11) is 0. The van der Waals surface area contributed by atoms with Crippen LogP contribution in [0.25, 0.3) is 0 Å². The normalized spacial score (nSPS) is 22.5. The van der Waals surface area contributed by atoms with Crippen LogP contribution in [0.5, 0.6) is 0 Å². The number of carbonyl (C=O) groups excluding carboxylic acids is 1. The van der Waals surface area contributed by atoms with Crippen molar-refractivity contribution in [1.82, 2.24) is 4.90 Å². The van der Waals surface area contributed by atoms with Gasteiger partial charge in [0.25, 0.3) is 0 Å². The van der Waals surface area contributed by atoms with E-state index in [1.54, 1.807) is 16.7 Å². The van der Waals surface area contributed by atoms with E-state index in [9.17, 15) is 14.7 Å². The predicted molar refractivity (Wildman–Crippen MR) is 76.7 cm³/mol. The maximum absolute atomic E-state index is 12.2. The average molecular weight is 283 g/mol. The van der Waals surface area contributed by atoms with Crippen molar-refractivity contribution in [2.75, 3.05) is 5.75 Å². The molecule has 0 saturated carbocycles. The molecule has 0 radical (unpaired) electrons. The summed E-state index contributed by atoms with van der Waals surface area (Å²) in [6, 6.07) is -0.683. The first kappa shape index (κ1) is 15.9. The first-order valence-corrected chi connectivity index (χ1v) is 7.63. The molecule has 1 N–H and O–H groups in total. The number of aliphatic carboxylic acids is 1. The van der Waals surface area contributed by atoms with E-state index in [0.717, 1.165) is 12.8 Å². The third kappa shape index (κ3) is 4.17. The van der Waals surface area contributed by atoms with Gasteiger partial charge in [0.05, 0.1) is 5.37 Å². The van der Waals surface area contributed by atoms with Gasteiger partial charge in [-0.05, 0) is 18.8 Å². The molecular formula is C14H21NO3S. The van der Waals surface area contributed by atoms with Gasteiger partial charge >= 0.3 is 5.97 Å². The first-order valence-electron chi connectivity index (χ1n) is 6.58. The molecule has 0 aromatic rings. The van der Waals surface area contributed by atoms with E-state index in [-0.39, 0.29) is 17.2 Å². The van der Waals surface area contributed by atoms with Crippen LogP contribution in [0.3, 0.4) is 0 Å². The molecule has 4 nitrogen and oxygen atoms in total. The minimum Gasteiger partial charge on any atom is -0.480 e. The zero-order valence-electron chi connectivity index (χ0n) is 11.5. The molecule has 1 aliphatic rings. The van der Waals surface area contributed by atoms with E-state index >= 15 is 0 Å². The topological polar surface area (TPSA) is 57.6 Å². The molecule has 2 atom stereocenters. The lowest BCUT2D eigenvalue weighted by Gasteiger charge is -2.29. The highest BCUT2D eigenvalue weighted by atomic mass is 32.2. The molecule has 0 aromatic heterocycles. The molecule has 0 bridgehead atoms. The van der Waals surface area contributed by atoms with Crippen LogP contribution in [0.1, 0.15) is 39.5 Å². The first-order chi connectivity index (χ1) is 8.99. The molecule has 19 heavy (non-hydrogen) atoms. The molecular weight excluding hydrogens is 262 g/mol. The predicted octanol–water partition coefficient (Wildman–Crippen LogP) is 2.19. The molecule has 5 heteroatoms. The summed E-state index contributed by atoms with van der Waals surface area (Å²) in [6.45, 7) is 4.03. The van der Waals surface area contributed by atoms with Crippen molar-refractivity contribution >= 4 is 23.6 Å². The van der Waals surface area contributed by atoms with Gasteiger partial charge in [0.1, 0.15) is 6.04 Å². The monoisotopic (exact) mass is 283 g/mol. The summed E-state index contributed by atoms with van der Waals surface area (Å²) in [6.07, 6.45) is 7.75. The Kier molecular flexibility index (Phi) is 6.23. The lowest BCUT2D eigenvalue weighted by molar-refractivity contribution is -0.149. The highest BCUT2D eigenvalue weighted by Gasteiger charge is 2.42. The van der Waals surface area contributed by atoms with Crippen molar-refractivity contribution in [3.05, 3.63) is 0 Å². The summed E-state index contributed by atoms with van der Waals surface area (Å²) in [4.78, 5) is 25.0. The Labute approximate surface area is 118 Å². The second-order valence-corrected chi connectivity index (χ2v) is 6.18. The summed E-state index contributed by atoms with van der Waals surface area (Å²) in [5, 5.41) is 9.18. The largest absolute Gasteiger partial charge is 0.480 e. The van der Waals surface area contributed by atoms with Crippen LogP contribution in [-0.4, -0.2) is 39.1 Å². The molecule has 1 amide bonds. The molecule has 2 unspecified atom stereocenters. The summed E-state index contributed by atoms with van der Waals surface area (Å²) in [5.74, 6) is 2.30. The molecule has 0 spiro atoms. The second kappa shape index (κ2) is 7.44. The van der Waals surface area contributed by atoms with E-state index in [4.69, 9.17) is 6.42 Å². The number of unbranched alkanes of at least 4 members (excludes halogenated alkanes) is 2. The fourth-order valence-corrected chi connectivity index (χ4v) is 3.67. The van der Waals surface area contributed by atoms with E-state index in [1.165, 1.54) is 0 Å². The van der Waals surface area contributed by atoms with Crippen LogP contribution in [-0.2, 0) is 9.59 Å². The van der Waals surface area contributed by atoms with Crippen LogP contribution < -0.4 is 0 Å². The SMILES string of the molecule is C#CCCCCC(=O)N1C(C(=O)O)CSC1C(C)C. The lowest BCUT2D eigenvalue weighted by Crippen LogP contribution is -2.47. The van der Waals surface area contributed by atoms with Gasteiger partial charge in [-0.2, -0.15) is 0 Å². The van der Waals surface area contributed by atoms with Crippen molar-refractivity contribution in [3.63, 3.8) is 0 Å². The number of nitrogens with zero attached hydrogens (tertiary/aromatic N) is 1. The van der Waals surface area contributed by atoms with Crippen molar-refractivity contribution in [1.29, 1.82) is 0 Å². The minimum atomic E-state index is -0.910. The van der Waals surface area contributed by atoms with E-state index in [1.807, 2.05) is 13.8 Å². The lowest BCUT2D eigenvalue weighted by atomic mass is 10.1. The van der Waals surface area contributed by atoms with Crippen molar-refractivity contribution in [2.24, 2.45) is 5.92 Å². The van der Waals surface area contributed by atoms with E-state index in [2.05, 4.69) is 5.92 Å². The number of carboxylic acid groups (broad SMARTS) is 1. The number of amides is 1. The van der Waals surface area contributed by atoms with Gasteiger partial charge in [0.15, 0.2) is 0 Å².